The normalized spacial score (nSPS) is 34.2. The second-order valence-corrected chi connectivity index (χ2v) is 11.2. The summed E-state index contributed by atoms with van der Waals surface area (Å²) in [5, 5.41) is 13.3. The molecule has 7 heteroatoms. The molecule has 5 aliphatic rings. The molecule has 1 saturated heterocycles. The number of amides is 1. The van der Waals surface area contributed by atoms with Gasteiger partial charge in [0.1, 0.15) is 5.84 Å². The average molecular weight is 449 g/mol. The molecule has 4 bridgehead atoms. The van der Waals surface area contributed by atoms with Crippen LogP contribution in [0.4, 0.5) is 5.69 Å². The Morgan fingerprint density at radius 3 is 2.33 bits per heavy atom. The van der Waals surface area contributed by atoms with Crippen LogP contribution in [0.1, 0.15) is 46.0 Å². The summed E-state index contributed by atoms with van der Waals surface area (Å²) in [6.45, 7) is 8.08. The fourth-order valence-electron chi connectivity index (χ4n) is 7.43. The van der Waals surface area contributed by atoms with Crippen LogP contribution >= 0.6 is 0 Å². The zero-order chi connectivity index (χ0) is 23.2. The van der Waals surface area contributed by atoms with Crippen molar-refractivity contribution in [2.24, 2.45) is 33.9 Å². The lowest BCUT2D eigenvalue weighted by Gasteiger charge is -2.59. The first kappa shape index (κ1) is 22.2. The minimum absolute atomic E-state index is 0.108. The van der Waals surface area contributed by atoms with Crippen molar-refractivity contribution in [2.75, 3.05) is 31.1 Å². The molecule has 33 heavy (non-hydrogen) atoms. The van der Waals surface area contributed by atoms with E-state index in [0.29, 0.717) is 17.8 Å². The lowest BCUT2D eigenvalue weighted by Crippen LogP contribution is -2.66. The van der Waals surface area contributed by atoms with Crippen molar-refractivity contribution in [2.45, 2.75) is 57.5 Å². The highest BCUT2D eigenvalue weighted by atomic mass is 16.1. The number of nitrogens with zero attached hydrogens (tertiary/aromatic N) is 4. The molecule has 1 aliphatic heterocycles. The lowest BCUT2D eigenvalue weighted by atomic mass is 9.47. The standard InChI is InChI=1S/C26H36N6O/c1-25(2,32-10-8-31(9-11-32)21-6-4-3-5-7-21)24(29-17-27)30-22-19-12-18-13-20(22)16-26(14-18,15-19)23(28)33/h3-7,18-20,22H,8-16H2,1-2H3,(H2,28,33)(H,29,30). The van der Waals surface area contributed by atoms with Crippen LogP contribution in [-0.4, -0.2) is 54.4 Å². The lowest BCUT2D eigenvalue weighted by molar-refractivity contribution is -0.145. The Balaban J connectivity index is 1.29. The summed E-state index contributed by atoms with van der Waals surface area (Å²) >= 11 is 0. The fraction of sp³-hybridized carbons (Fsp3) is 0.654. The van der Waals surface area contributed by atoms with E-state index in [1.807, 2.05) is 0 Å². The van der Waals surface area contributed by atoms with E-state index < -0.39 is 0 Å². The number of para-hydroxylation sites is 1. The number of benzene rings is 1. The Morgan fingerprint density at radius 2 is 1.76 bits per heavy atom. The first-order chi connectivity index (χ1) is 15.8. The number of nitrogens with one attached hydrogen (secondary N) is 1. The number of primary amides is 1. The molecule has 5 fully saturated rings. The van der Waals surface area contributed by atoms with E-state index in [1.54, 1.807) is 0 Å². The molecule has 1 amide bonds. The van der Waals surface area contributed by atoms with Crippen molar-refractivity contribution in [3.63, 3.8) is 0 Å². The molecule has 4 aliphatic carbocycles. The third-order valence-electron chi connectivity index (χ3n) is 9.03. The van der Waals surface area contributed by atoms with E-state index in [1.165, 1.54) is 5.69 Å². The zero-order valence-corrected chi connectivity index (χ0v) is 19.8. The Labute approximate surface area is 197 Å². The first-order valence-corrected chi connectivity index (χ1v) is 12.4. The quantitative estimate of drug-likeness (QED) is 0.410. The third kappa shape index (κ3) is 3.89. The molecule has 7 nitrogen and oxygen atoms in total. The van der Waals surface area contributed by atoms with Crippen molar-refractivity contribution in [3.8, 4) is 6.19 Å². The van der Waals surface area contributed by atoms with Gasteiger partial charge >= 0.3 is 0 Å². The van der Waals surface area contributed by atoms with Gasteiger partial charge < -0.3 is 16.0 Å². The van der Waals surface area contributed by atoms with Gasteiger partial charge in [0, 0.05) is 43.3 Å². The number of piperazine rings is 1. The number of carbonyl (C=O) groups is 1. The molecule has 3 N–H and O–H groups in total. The summed E-state index contributed by atoms with van der Waals surface area (Å²) in [5.41, 5.74) is 6.46. The van der Waals surface area contributed by atoms with Crippen molar-refractivity contribution >= 4 is 17.4 Å². The number of nitriles is 1. The topological polar surface area (TPSA) is 97.8 Å². The van der Waals surface area contributed by atoms with Crippen LogP contribution in [0.2, 0.25) is 0 Å². The third-order valence-corrected chi connectivity index (χ3v) is 9.03. The highest BCUT2D eigenvalue weighted by molar-refractivity contribution is 5.92. The number of anilines is 1. The first-order valence-electron chi connectivity index (χ1n) is 12.4. The number of hydrogen-bond acceptors (Lipinski definition) is 5. The van der Waals surface area contributed by atoms with E-state index in [9.17, 15) is 10.1 Å². The highest BCUT2D eigenvalue weighted by Gasteiger charge is 2.58. The Morgan fingerprint density at radius 1 is 1.12 bits per heavy atom. The second-order valence-electron chi connectivity index (χ2n) is 11.2. The van der Waals surface area contributed by atoms with Gasteiger partial charge in [0.2, 0.25) is 12.1 Å². The van der Waals surface area contributed by atoms with Crippen LogP contribution in [0.3, 0.4) is 0 Å². The van der Waals surface area contributed by atoms with Gasteiger partial charge in [-0.1, -0.05) is 18.2 Å². The monoisotopic (exact) mass is 448 g/mol. The highest BCUT2D eigenvalue weighted by Crippen LogP contribution is 2.60. The van der Waals surface area contributed by atoms with Crippen molar-refractivity contribution in [1.29, 1.82) is 5.26 Å². The van der Waals surface area contributed by atoms with Crippen LogP contribution in [0.15, 0.2) is 35.3 Å². The summed E-state index contributed by atoms with van der Waals surface area (Å²) in [7, 11) is 0. The number of nitrogens with two attached hydrogens (primary N) is 1. The SMILES string of the molecule is CC(C)(/C(=N\C#N)NC1C2CC3CC1CC(C(N)=O)(C3)C2)N1CCN(c2ccccc2)CC1. The number of aliphatic imine (C=N–C) groups is 1. The summed E-state index contributed by atoms with van der Waals surface area (Å²) < 4.78 is 0. The van der Waals surface area contributed by atoms with Gasteiger partial charge in [-0.2, -0.15) is 10.3 Å². The number of hydrogen-bond donors (Lipinski definition) is 2. The van der Waals surface area contributed by atoms with E-state index in [0.717, 1.165) is 64.1 Å². The van der Waals surface area contributed by atoms with E-state index in [-0.39, 0.29) is 22.9 Å². The smallest absolute Gasteiger partial charge is 0.223 e. The Hall–Kier alpha value is -2.59. The predicted molar refractivity (Wildman–Crippen MR) is 129 cm³/mol. The maximum absolute atomic E-state index is 12.3. The van der Waals surface area contributed by atoms with Gasteiger partial charge in [-0.3, -0.25) is 9.69 Å². The van der Waals surface area contributed by atoms with Crippen LogP contribution in [-0.2, 0) is 4.79 Å². The molecule has 2 unspecified atom stereocenters. The molecule has 0 radical (unpaired) electrons. The van der Waals surface area contributed by atoms with Crippen molar-refractivity contribution in [3.05, 3.63) is 30.3 Å². The maximum Gasteiger partial charge on any atom is 0.223 e. The van der Waals surface area contributed by atoms with E-state index >= 15 is 0 Å². The molecular weight excluding hydrogens is 412 g/mol. The zero-order valence-electron chi connectivity index (χ0n) is 19.8. The maximum atomic E-state index is 12.3. The average Bonchev–Trinajstić information content (AvgIpc) is 2.81. The second kappa shape index (κ2) is 8.32. The van der Waals surface area contributed by atoms with E-state index in [4.69, 9.17) is 5.73 Å². The summed E-state index contributed by atoms with van der Waals surface area (Å²) in [4.78, 5) is 21.5. The van der Waals surface area contributed by atoms with E-state index in [2.05, 4.69) is 70.5 Å². The molecule has 4 saturated carbocycles. The summed E-state index contributed by atoms with van der Waals surface area (Å²) in [6.07, 6.45) is 7.09. The minimum Gasteiger partial charge on any atom is -0.369 e. The van der Waals surface area contributed by atoms with Gasteiger partial charge in [-0.25, -0.2) is 0 Å². The number of rotatable bonds is 5. The Bertz CT molecular complexity index is 943. The molecule has 1 heterocycles. The van der Waals surface area contributed by atoms with Crippen LogP contribution in [0.25, 0.3) is 0 Å². The summed E-state index contributed by atoms with van der Waals surface area (Å²) in [6, 6.07) is 10.8. The van der Waals surface area contributed by atoms with Crippen molar-refractivity contribution < 1.29 is 4.79 Å². The summed E-state index contributed by atoms with van der Waals surface area (Å²) in [5.74, 6) is 2.13. The van der Waals surface area contributed by atoms with Gasteiger partial charge in [0.15, 0.2) is 0 Å². The Kier molecular flexibility index (Phi) is 5.60. The predicted octanol–water partition coefficient (Wildman–Crippen LogP) is 2.74. The molecule has 0 spiro atoms. The molecule has 0 aromatic heterocycles. The van der Waals surface area contributed by atoms with Gasteiger partial charge in [-0.05, 0) is 75.8 Å². The number of amidine groups is 1. The molecular formula is C26H36N6O. The molecule has 6 rings (SSSR count). The number of carbonyl (C=O) groups excluding carboxylic acids is 1. The van der Waals surface area contributed by atoms with Crippen LogP contribution < -0.4 is 16.0 Å². The van der Waals surface area contributed by atoms with Gasteiger partial charge in [-0.15, -0.1) is 0 Å². The van der Waals surface area contributed by atoms with Crippen LogP contribution in [0.5, 0.6) is 0 Å². The molecule has 176 valence electrons. The van der Waals surface area contributed by atoms with Crippen molar-refractivity contribution in [1.82, 2.24) is 10.2 Å². The van der Waals surface area contributed by atoms with Gasteiger partial charge in [0.05, 0.1) is 5.54 Å². The largest absolute Gasteiger partial charge is 0.369 e. The van der Waals surface area contributed by atoms with Gasteiger partial charge in [0.25, 0.3) is 0 Å². The fourth-order valence-corrected chi connectivity index (χ4v) is 7.43. The van der Waals surface area contributed by atoms with Crippen LogP contribution in [0, 0.1) is 34.6 Å². The molecule has 2 atom stereocenters. The molecule has 1 aromatic rings. The minimum atomic E-state index is -0.367. The molecule has 1 aromatic carbocycles.